The van der Waals surface area contributed by atoms with Crippen LogP contribution in [0.1, 0.15) is 19.3 Å². The molecule has 1 aliphatic heterocycles. The van der Waals surface area contributed by atoms with E-state index in [1.807, 2.05) is 18.2 Å². The van der Waals surface area contributed by atoms with Crippen LogP contribution in [0.25, 0.3) is 0 Å². The lowest BCUT2D eigenvalue weighted by atomic mass is 9.86. The summed E-state index contributed by atoms with van der Waals surface area (Å²) in [6.07, 6.45) is 4.02. The molecule has 1 heterocycles. The molecule has 0 spiro atoms. The summed E-state index contributed by atoms with van der Waals surface area (Å²) in [5, 5.41) is 0. The van der Waals surface area contributed by atoms with Gasteiger partial charge in [0.15, 0.2) is 11.5 Å². The zero-order valence-electron chi connectivity index (χ0n) is 10.6. The third kappa shape index (κ3) is 2.36. The molecule has 3 rings (SSSR count). The predicted molar refractivity (Wildman–Crippen MR) is 74.3 cm³/mol. The second-order valence-electron chi connectivity index (χ2n) is 5.05. The van der Waals surface area contributed by atoms with Crippen molar-refractivity contribution in [3.8, 4) is 11.5 Å². The third-order valence-electron chi connectivity index (χ3n) is 3.90. The highest BCUT2D eigenvalue weighted by molar-refractivity contribution is 9.10. The Balaban J connectivity index is 1.57. The van der Waals surface area contributed by atoms with E-state index < -0.39 is 0 Å². The molecule has 1 aromatic carbocycles. The van der Waals surface area contributed by atoms with Crippen molar-refractivity contribution in [2.45, 2.75) is 31.4 Å². The molecular weight excluding hydrogens is 294 g/mol. The zero-order chi connectivity index (χ0) is 12.5. The topological polar surface area (TPSA) is 21.7 Å². The minimum absolute atomic E-state index is 0.352. The lowest BCUT2D eigenvalue weighted by Crippen LogP contribution is -2.54. The molecule has 0 radical (unpaired) electrons. The Morgan fingerprint density at radius 1 is 1.22 bits per heavy atom. The molecule has 1 aromatic rings. The Kier molecular flexibility index (Phi) is 3.48. The first-order valence-corrected chi connectivity index (χ1v) is 7.30. The molecule has 2 aliphatic rings. The lowest BCUT2D eigenvalue weighted by molar-refractivity contribution is -0.0116. The fraction of sp³-hybridized carbons (Fsp3) is 0.571. The van der Waals surface area contributed by atoms with Gasteiger partial charge in [-0.2, -0.15) is 0 Å². The molecule has 18 heavy (non-hydrogen) atoms. The summed E-state index contributed by atoms with van der Waals surface area (Å²) >= 11 is 3.44. The smallest absolute Gasteiger partial charge is 0.161 e. The number of halogens is 1. The zero-order valence-corrected chi connectivity index (χ0v) is 12.1. The predicted octanol–water partition coefficient (Wildman–Crippen LogP) is 3.07. The molecule has 1 aliphatic carbocycles. The quantitative estimate of drug-likeness (QED) is 0.853. The normalized spacial score (nSPS) is 27.2. The molecule has 4 heteroatoms. The van der Waals surface area contributed by atoms with Crippen LogP contribution in [0.2, 0.25) is 0 Å². The number of rotatable bonds is 4. The Hall–Kier alpha value is -0.740. The van der Waals surface area contributed by atoms with E-state index in [9.17, 15) is 0 Å². The van der Waals surface area contributed by atoms with E-state index in [4.69, 9.17) is 9.47 Å². The van der Waals surface area contributed by atoms with Crippen LogP contribution < -0.4 is 9.47 Å². The average Bonchev–Trinajstić information content (AvgIpc) is 2.25. The molecule has 0 amide bonds. The lowest BCUT2D eigenvalue weighted by Gasteiger charge is -2.46. The van der Waals surface area contributed by atoms with Crippen LogP contribution in [-0.4, -0.2) is 37.2 Å². The summed E-state index contributed by atoms with van der Waals surface area (Å²) < 4.78 is 12.4. The van der Waals surface area contributed by atoms with Gasteiger partial charge in [0, 0.05) is 23.4 Å². The summed E-state index contributed by atoms with van der Waals surface area (Å²) in [5.41, 5.74) is 0. The van der Waals surface area contributed by atoms with E-state index in [1.165, 1.54) is 19.5 Å². The molecular formula is C14H18BrNO2. The van der Waals surface area contributed by atoms with Gasteiger partial charge in [0.1, 0.15) is 6.10 Å². The first-order chi connectivity index (χ1) is 8.76. The number of hydrogen-bond acceptors (Lipinski definition) is 3. The maximum Gasteiger partial charge on any atom is 0.161 e. The summed E-state index contributed by atoms with van der Waals surface area (Å²) in [4.78, 5) is 2.55. The molecule has 1 saturated heterocycles. The average molecular weight is 312 g/mol. The molecule has 0 N–H and O–H groups in total. The van der Waals surface area contributed by atoms with Crippen molar-refractivity contribution in [2.75, 3.05) is 20.2 Å². The van der Waals surface area contributed by atoms with Gasteiger partial charge < -0.3 is 14.4 Å². The van der Waals surface area contributed by atoms with E-state index in [-0.39, 0.29) is 0 Å². The van der Waals surface area contributed by atoms with Crippen molar-refractivity contribution < 1.29 is 9.47 Å². The van der Waals surface area contributed by atoms with Gasteiger partial charge in [-0.15, -0.1) is 0 Å². The highest BCUT2D eigenvalue weighted by Gasteiger charge is 2.37. The van der Waals surface area contributed by atoms with Crippen LogP contribution >= 0.6 is 15.9 Å². The van der Waals surface area contributed by atoms with Crippen LogP contribution in [0.5, 0.6) is 11.5 Å². The SMILES string of the molecule is COc1cc(Br)ccc1OC1CC(N2CCC2)C1. The maximum absolute atomic E-state index is 6.00. The van der Waals surface area contributed by atoms with Crippen molar-refractivity contribution in [2.24, 2.45) is 0 Å². The molecule has 0 aromatic heterocycles. The van der Waals surface area contributed by atoms with Gasteiger partial charge in [0.05, 0.1) is 7.11 Å². The van der Waals surface area contributed by atoms with E-state index in [2.05, 4.69) is 20.8 Å². The van der Waals surface area contributed by atoms with Crippen molar-refractivity contribution in [3.05, 3.63) is 22.7 Å². The van der Waals surface area contributed by atoms with Crippen LogP contribution in [0.15, 0.2) is 22.7 Å². The fourth-order valence-electron chi connectivity index (χ4n) is 2.56. The van der Waals surface area contributed by atoms with Crippen molar-refractivity contribution in [3.63, 3.8) is 0 Å². The highest BCUT2D eigenvalue weighted by Crippen LogP contribution is 2.36. The summed E-state index contributed by atoms with van der Waals surface area (Å²) in [5.74, 6) is 1.66. The molecule has 98 valence electrons. The van der Waals surface area contributed by atoms with Gasteiger partial charge >= 0.3 is 0 Å². The Morgan fingerprint density at radius 2 is 2.00 bits per heavy atom. The first-order valence-electron chi connectivity index (χ1n) is 6.50. The van der Waals surface area contributed by atoms with Gasteiger partial charge in [-0.25, -0.2) is 0 Å². The Bertz CT molecular complexity index is 428. The summed E-state index contributed by atoms with van der Waals surface area (Å²) in [6, 6.07) is 6.66. The molecule has 1 saturated carbocycles. The summed E-state index contributed by atoms with van der Waals surface area (Å²) in [6.45, 7) is 2.55. The van der Waals surface area contributed by atoms with Crippen molar-refractivity contribution >= 4 is 15.9 Å². The number of ether oxygens (including phenoxy) is 2. The minimum Gasteiger partial charge on any atom is -0.493 e. The van der Waals surface area contributed by atoms with E-state index in [0.29, 0.717) is 6.10 Å². The largest absolute Gasteiger partial charge is 0.493 e. The number of nitrogens with zero attached hydrogens (tertiary/aromatic N) is 1. The monoisotopic (exact) mass is 311 g/mol. The maximum atomic E-state index is 6.00. The standard InChI is InChI=1S/C14H18BrNO2/c1-17-14-7-10(15)3-4-13(14)18-12-8-11(9-12)16-5-2-6-16/h3-4,7,11-12H,2,5-6,8-9H2,1H3. The van der Waals surface area contributed by atoms with Crippen molar-refractivity contribution in [1.29, 1.82) is 0 Å². The second kappa shape index (κ2) is 5.10. The van der Waals surface area contributed by atoms with E-state index >= 15 is 0 Å². The molecule has 3 nitrogen and oxygen atoms in total. The molecule has 0 atom stereocenters. The molecule has 2 fully saturated rings. The van der Waals surface area contributed by atoms with Crippen LogP contribution in [0.4, 0.5) is 0 Å². The van der Waals surface area contributed by atoms with E-state index in [1.54, 1.807) is 7.11 Å². The van der Waals surface area contributed by atoms with Crippen LogP contribution in [0.3, 0.4) is 0 Å². The summed E-state index contributed by atoms with van der Waals surface area (Å²) in [7, 11) is 1.68. The van der Waals surface area contributed by atoms with Gasteiger partial charge in [-0.05, 0) is 37.7 Å². The van der Waals surface area contributed by atoms with Crippen LogP contribution in [0, 0.1) is 0 Å². The number of likely N-dealkylation sites (tertiary alicyclic amines) is 1. The molecule has 0 bridgehead atoms. The second-order valence-corrected chi connectivity index (χ2v) is 5.97. The van der Waals surface area contributed by atoms with Crippen molar-refractivity contribution in [1.82, 2.24) is 4.90 Å². The van der Waals surface area contributed by atoms with Gasteiger partial charge in [0.2, 0.25) is 0 Å². The first kappa shape index (κ1) is 12.3. The number of benzene rings is 1. The van der Waals surface area contributed by atoms with Crippen LogP contribution in [-0.2, 0) is 0 Å². The number of hydrogen-bond donors (Lipinski definition) is 0. The van der Waals surface area contributed by atoms with Gasteiger partial charge in [-0.1, -0.05) is 15.9 Å². The molecule has 0 unspecified atom stereocenters. The minimum atomic E-state index is 0.352. The Labute approximate surface area is 116 Å². The number of methoxy groups -OCH3 is 1. The van der Waals surface area contributed by atoms with Gasteiger partial charge in [0.25, 0.3) is 0 Å². The Morgan fingerprint density at radius 3 is 2.61 bits per heavy atom. The third-order valence-corrected chi connectivity index (χ3v) is 4.39. The van der Waals surface area contributed by atoms with Gasteiger partial charge in [-0.3, -0.25) is 0 Å². The van der Waals surface area contributed by atoms with E-state index in [0.717, 1.165) is 34.9 Å². The fourth-order valence-corrected chi connectivity index (χ4v) is 2.90. The highest BCUT2D eigenvalue weighted by atomic mass is 79.9.